The molecule has 5 heteroatoms. The first-order valence-corrected chi connectivity index (χ1v) is 7.44. The van der Waals surface area contributed by atoms with Gasteiger partial charge < -0.3 is 15.7 Å². The normalized spacial score (nSPS) is 20.4. The van der Waals surface area contributed by atoms with Crippen LogP contribution in [-0.2, 0) is 13.0 Å². The molecular weight excluding hydrogens is 272 g/mol. The average Bonchev–Trinajstić information content (AvgIpc) is 3.06. The summed E-state index contributed by atoms with van der Waals surface area (Å²) in [5, 5.41) is 17.7. The minimum atomic E-state index is -0.556. The number of amides is 2. The topological polar surface area (TPSA) is 61.4 Å². The SMILES string of the molecule is O=C(NCc1cccs1)N[C@@H]1c2ccccc2C[C@@H]1O. The third-order valence-corrected chi connectivity index (χ3v) is 4.37. The van der Waals surface area contributed by atoms with Crippen LogP contribution in [-0.4, -0.2) is 17.2 Å². The summed E-state index contributed by atoms with van der Waals surface area (Å²) >= 11 is 1.60. The molecule has 0 spiro atoms. The maximum absolute atomic E-state index is 11.9. The van der Waals surface area contributed by atoms with Gasteiger partial charge in [-0.1, -0.05) is 30.3 Å². The van der Waals surface area contributed by atoms with Gasteiger partial charge in [0.25, 0.3) is 0 Å². The van der Waals surface area contributed by atoms with Crippen molar-refractivity contribution in [1.82, 2.24) is 10.6 Å². The van der Waals surface area contributed by atoms with Crippen LogP contribution in [0.5, 0.6) is 0 Å². The maximum Gasteiger partial charge on any atom is 0.315 e. The summed E-state index contributed by atoms with van der Waals surface area (Å²) in [5.41, 5.74) is 2.11. The second-order valence-electron chi connectivity index (χ2n) is 4.85. The summed E-state index contributed by atoms with van der Waals surface area (Å²) < 4.78 is 0. The van der Waals surface area contributed by atoms with Gasteiger partial charge >= 0.3 is 6.03 Å². The van der Waals surface area contributed by atoms with Crippen molar-refractivity contribution in [1.29, 1.82) is 0 Å². The van der Waals surface area contributed by atoms with E-state index in [1.54, 1.807) is 11.3 Å². The van der Waals surface area contributed by atoms with Gasteiger partial charge in [-0.05, 0) is 22.6 Å². The molecule has 0 bridgehead atoms. The Morgan fingerprint density at radius 1 is 1.30 bits per heavy atom. The Balaban J connectivity index is 1.61. The highest BCUT2D eigenvalue weighted by atomic mass is 32.1. The number of hydrogen-bond acceptors (Lipinski definition) is 3. The van der Waals surface area contributed by atoms with Crippen molar-refractivity contribution in [3.8, 4) is 0 Å². The van der Waals surface area contributed by atoms with E-state index in [9.17, 15) is 9.90 Å². The largest absolute Gasteiger partial charge is 0.390 e. The lowest BCUT2D eigenvalue weighted by molar-refractivity contribution is 0.142. The van der Waals surface area contributed by atoms with Crippen LogP contribution in [0.2, 0.25) is 0 Å². The molecule has 1 aliphatic carbocycles. The highest BCUT2D eigenvalue weighted by Crippen LogP contribution is 2.31. The van der Waals surface area contributed by atoms with Gasteiger partial charge in [-0.2, -0.15) is 0 Å². The summed E-state index contributed by atoms with van der Waals surface area (Å²) in [6.07, 6.45) is 0.0337. The summed E-state index contributed by atoms with van der Waals surface area (Å²) in [7, 11) is 0. The smallest absolute Gasteiger partial charge is 0.315 e. The molecule has 0 radical (unpaired) electrons. The predicted molar refractivity (Wildman–Crippen MR) is 78.6 cm³/mol. The number of nitrogens with one attached hydrogen (secondary N) is 2. The fourth-order valence-electron chi connectivity index (χ4n) is 2.52. The third-order valence-electron chi connectivity index (χ3n) is 3.49. The lowest BCUT2D eigenvalue weighted by atomic mass is 10.1. The highest BCUT2D eigenvalue weighted by molar-refractivity contribution is 7.09. The van der Waals surface area contributed by atoms with Crippen molar-refractivity contribution in [2.24, 2.45) is 0 Å². The van der Waals surface area contributed by atoms with Crippen LogP contribution in [0.25, 0.3) is 0 Å². The van der Waals surface area contributed by atoms with Crippen molar-refractivity contribution in [3.63, 3.8) is 0 Å². The summed E-state index contributed by atoms with van der Waals surface area (Å²) in [4.78, 5) is 13.0. The summed E-state index contributed by atoms with van der Waals surface area (Å²) in [6, 6.07) is 11.2. The van der Waals surface area contributed by atoms with Gasteiger partial charge in [-0.15, -0.1) is 11.3 Å². The van der Waals surface area contributed by atoms with E-state index in [-0.39, 0.29) is 12.1 Å². The number of aliphatic hydroxyl groups excluding tert-OH is 1. The molecule has 2 atom stereocenters. The fraction of sp³-hybridized carbons (Fsp3) is 0.267. The van der Waals surface area contributed by atoms with Crippen molar-refractivity contribution in [2.45, 2.75) is 25.1 Å². The van der Waals surface area contributed by atoms with Crippen molar-refractivity contribution >= 4 is 17.4 Å². The fourth-order valence-corrected chi connectivity index (χ4v) is 3.17. The molecule has 0 unspecified atom stereocenters. The van der Waals surface area contributed by atoms with Crippen LogP contribution in [0, 0.1) is 0 Å². The number of thiophene rings is 1. The predicted octanol–water partition coefficient (Wildman–Crippen LogP) is 2.21. The Morgan fingerprint density at radius 2 is 2.15 bits per heavy atom. The van der Waals surface area contributed by atoms with Gasteiger partial charge in [0.15, 0.2) is 0 Å². The van der Waals surface area contributed by atoms with E-state index in [1.165, 1.54) is 0 Å². The van der Waals surface area contributed by atoms with Crippen molar-refractivity contribution < 1.29 is 9.90 Å². The molecule has 20 heavy (non-hydrogen) atoms. The van der Waals surface area contributed by atoms with Gasteiger partial charge in [-0.25, -0.2) is 4.79 Å². The van der Waals surface area contributed by atoms with Crippen LogP contribution in [0.3, 0.4) is 0 Å². The molecule has 2 aromatic rings. The first-order chi connectivity index (χ1) is 9.74. The van der Waals surface area contributed by atoms with Crippen LogP contribution in [0.4, 0.5) is 4.79 Å². The minimum Gasteiger partial charge on any atom is -0.390 e. The average molecular weight is 288 g/mol. The van der Waals surface area contributed by atoms with Crippen LogP contribution in [0.15, 0.2) is 41.8 Å². The van der Waals surface area contributed by atoms with Gasteiger partial charge in [0.05, 0.1) is 18.7 Å². The summed E-state index contributed by atoms with van der Waals surface area (Å²) in [6.45, 7) is 0.508. The third kappa shape index (κ3) is 2.69. The molecule has 3 rings (SSSR count). The van der Waals surface area contributed by atoms with Gasteiger partial charge in [0.2, 0.25) is 0 Å². The molecule has 1 aromatic carbocycles. The number of carbonyl (C=O) groups excluding carboxylic acids is 1. The molecular formula is C15H16N2O2S. The van der Waals surface area contributed by atoms with E-state index in [1.807, 2.05) is 41.8 Å². The van der Waals surface area contributed by atoms with Gasteiger partial charge in [-0.3, -0.25) is 0 Å². The lowest BCUT2D eigenvalue weighted by Gasteiger charge is -2.18. The van der Waals surface area contributed by atoms with E-state index < -0.39 is 6.10 Å². The number of benzene rings is 1. The highest BCUT2D eigenvalue weighted by Gasteiger charge is 2.31. The zero-order valence-electron chi connectivity index (χ0n) is 10.9. The van der Waals surface area contributed by atoms with E-state index in [0.717, 1.165) is 16.0 Å². The molecule has 0 fully saturated rings. The Hall–Kier alpha value is -1.85. The molecule has 1 heterocycles. The molecule has 1 aromatic heterocycles. The molecule has 2 amide bonds. The van der Waals surface area contributed by atoms with Crippen molar-refractivity contribution in [3.05, 3.63) is 57.8 Å². The van der Waals surface area contributed by atoms with Gasteiger partial charge in [0, 0.05) is 11.3 Å². The molecule has 0 saturated heterocycles. The Bertz CT molecular complexity index is 598. The second kappa shape index (κ2) is 5.64. The first kappa shape index (κ1) is 13.1. The van der Waals surface area contributed by atoms with Crippen LogP contribution in [0.1, 0.15) is 22.0 Å². The molecule has 1 aliphatic rings. The number of hydrogen-bond donors (Lipinski definition) is 3. The van der Waals surface area contributed by atoms with Crippen LogP contribution < -0.4 is 10.6 Å². The second-order valence-corrected chi connectivity index (χ2v) is 5.89. The number of urea groups is 1. The van der Waals surface area contributed by atoms with Crippen LogP contribution >= 0.6 is 11.3 Å². The molecule has 104 valence electrons. The van der Waals surface area contributed by atoms with E-state index >= 15 is 0 Å². The molecule has 3 N–H and O–H groups in total. The van der Waals surface area contributed by atoms with E-state index in [4.69, 9.17) is 0 Å². The zero-order chi connectivity index (χ0) is 13.9. The standard InChI is InChI=1S/C15H16N2O2S/c18-13-8-10-4-1-2-6-12(10)14(13)17-15(19)16-9-11-5-3-7-20-11/h1-7,13-14,18H,8-9H2,(H2,16,17,19)/t13-,14+/m0/s1. The van der Waals surface area contributed by atoms with Crippen molar-refractivity contribution in [2.75, 3.05) is 0 Å². The first-order valence-electron chi connectivity index (χ1n) is 6.56. The lowest BCUT2D eigenvalue weighted by Crippen LogP contribution is -2.40. The zero-order valence-corrected chi connectivity index (χ0v) is 11.7. The van der Waals surface area contributed by atoms with E-state index in [0.29, 0.717) is 13.0 Å². The maximum atomic E-state index is 11.9. The Kier molecular flexibility index (Phi) is 3.71. The number of aliphatic hydroxyl groups is 1. The quantitative estimate of drug-likeness (QED) is 0.811. The Morgan fingerprint density at radius 3 is 2.95 bits per heavy atom. The summed E-state index contributed by atoms with van der Waals surface area (Å²) in [5.74, 6) is 0. The minimum absolute atomic E-state index is 0.251. The molecule has 4 nitrogen and oxygen atoms in total. The number of fused-ring (bicyclic) bond motifs is 1. The number of rotatable bonds is 3. The molecule has 0 saturated carbocycles. The monoisotopic (exact) mass is 288 g/mol. The van der Waals surface area contributed by atoms with E-state index in [2.05, 4.69) is 10.6 Å². The van der Waals surface area contributed by atoms with Gasteiger partial charge in [0.1, 0.15) is 0 Å². The Labute approximate surface area is 121 Å². The number of carbonyl (C=O) groups is 1. The molecule has 0 aliphatic heterocycles.